The molecule has 29 heavy (non-hydrogen) atoms. The van der Waals surface area contributed by atoms with Crippen LogP contribution < -0.4 is 0 Å². The lowest BCUT2D eigenvalue weighted by molar-refractivity contribution is -0.192. The Morgan fingerprint density at radius 2 is 2.10 bits per heavy atom. The highest BCUT2D eigenvalue weighted by Crippen LogP contribution is 2.41. The second kappa shape index (κ2) is 9.53. The van der Waals surface area contributed by atoms with E-state index in [1.54, 1.807) is 13.3 Å². The number of amides is 1. The van der Waals surface area contributed by atoms with Gasteiger partial charge in [-0.15, -0.1) is 0 Å². The lowest BCUT2D eigenvalue weighted by atomic mass is 9.89. The Kier molecular flexibility index (Phi) is 7.59. The second-order valence-corrected chi connectivity index (χ2v) is 7.18. The van der Waals surface area contributed by atoms with Gasteiger partial charge in [-0.2, -0.15) is 13.2 Å². The summed E-state index contributed by atoms with van der Waals surface area (Å²) in [6.07, 6.45) is -0.151. The summed E-state index contributed by atoms with van der Waals surface area (Å²) in [5, 5.41) is 7.12. The Balaban J connectivity index is 0.000000370. The van der Waals surface area contributed by atoms with Crippen molar-refractivity contribution in [1.29, 1.82) is 0 Å². The number of nitrogens with zero attached hydrogens (tertiary/aromatic N) is 2. The van der Waals surface area contributed by atoms with Crippen LogP contribution in [0, 0.1) is 12.8 Å². The van der Waals surface area contributed by atoms with Crippen LogP contribution in [0.4, 0.5) is 13.2 Å². The fourth-order valence-electron chi connectivity index (χ4n) is 3.71. The first-order chi connectivity index (χ1) is 13.6. The summed E-state index contributed by atoms with van der Waals surface area (Å²) < 4.78 is 43.2. The van der Waals surface area contributed by atoms with Gasteiger partial charge in [0.25, 0.3) is 5.91 Å². The molecule has 0 radical (unpaired) electrons. The molecule has 1 saturated carbocycles. The van der Waals surface area contributed by atoms with Gasteiger partial charge in [-0.3, -0.25) is 9.78 Å². The zero-order chi connectivity index (χ0) is 21.7. The Labute approximate surface area is 166 Å². The molecule has 0 unspecified atom stereocenters. The average molecular weight is 418 g/mol. The van der Waals surface area contributed by atoms with E-state index in [-0.39, 0.29) is 11.5 Å². The Bertz CT molecular complexity index is 711. The van der Waals surface area contributed by atoms with Crippen molar-refractivity contribution in [2.45, 2.75) is 38.0 Å². The molecule has 2 fully saturated rings. The van der Waals surface area contributed by atoms with E-state index in [0.717, 1.165) is 25.0 Å². The number of carboxylic acids is 1. The van der Waals surface area contributed by atoms with Crippen molar-refractivity contribution < 1.29 is 37.3 Å². The minimum absolute atomic E-state index is 0.0539. The van der Waals surface area contributed by atoms with Crippen molar-refractivity contribution in [3.05, 3.63) is 29.6 Å². The average Bonchev–Trinajstić information content (AvgIpc) is 3.03. The van der Waals surface area contributed by atoms with Crippen LogP contribution >= 0.6 is 0 Å². The molecule has 1 saturated heterocycles. The van der Waals surface area contributed by atoms with Crippen LogP contribution in [0.5, 0.6) is 0 Å². The molecule has 1 aromatic heterocycles. The Morgan fingerprint density at radius 3 is 2.66 bits per heavy atom. The molecule has 1 spiro atoms. The highest BCUT2D eigenvalue weighted by Gasteiger charge is 2.47. The summed E-state index contributed by atoms with van der Waals surface area (Å²) in [6, 6.07) is 3.74. The lowest BCUT2D eigenvalue weighted by Gasteiger charge is -2.44. The molecule has 1 aliphatic carbocycles. The predicted molar refractivity (Wildman–Crippen MR) is 96.5 cm³/mol. The molecule has 2 heterocycles. The largest absolute Gasteiger partial charge is 0.490 e. The molecule has 10 heteroatoms. The molecule has 0 aromatic carbocycles. The SMILES string of the molecule is COC[C@H]1CCC[C@]12CN(C(=O)c1ccc(C)nc1)CCO2.O=C(O)C(F)(F)F. The van der Waals surface area contributed by atoms with Gasteiger partial charge in [0.15, 0.2) is 0 Å². The predicted octanol–water partition coefficient (Wildman–Crippen LogP) is 2.68. The molecule has 1 N–H and O–H groups in total. The molecule has 1 aliphatic heterocycles. The van der Waals surface area contributed by atoms with Gasteiger partial charge < -0.3 is 19.5 Å². The van der Waals surface area contributed by atoms with E-state index in [1.165, 1.54) is 0 Å². The van der Waals surface area contributed by atoms with Crippen molar-refractivity contribution >= 4 is 11.9 Å². The minimum atomic E-state index is -5.08. The number of ether oxygens (including phenoxy) is 2. The van der Waals surface area contributed by atoms with Gasteiger partial charge in [-0.1, -0.05) is 6.42 Å². The third kappa shape index (κ3) is 5.89. The first-order valence-corrected chi connectivity index (χ1v) is 9.24. The van der Waals surface area contributed by atoms with Gasteiger partial charge in [-0.05, 0) is 31.9 Å². The summed E-state index contributed by atoms with van der Waals surface area (Å²) in [5.41, 5.74) is 1.36. The van der Waals surface area contributed by atoms with Crippen LogP contribution in [-0.2, 0) is 14.3 Å². The fourth-order valence-corrected chi connectivity index (χ4v) is 3.71. The van der Waals surface area contributed by atoms with Crippen LogP contribution in [0.3, 0.4) is 0 Å². The molecule has 7 nitrogen and oxygen atoms in total. The standard InChI is InChI=1S/C17H24N2O3.C2HF3O2/c1-13-5-6-14(10-18-13)16(20)19-8-9-22-17(12-19)7-3-4-15(17)11-21-2;3-2(4,5)1(6)7/h5-6,10,15H,3-4,7-9,11-12H2,1-2H3;(H,6,7)/t15-,17+;/m1./s1. The molecule has 0 bridgehead atoms. The number of alkyl halides is 3. The first kappa shape index (κ1) is 23.1. The van der Waals surface area contributed by atoms with E-state index in [0.29, 0.717) is 37.8 Å². The Morgan fingerprint density at radius 1 is 1.41 bits per heavy atom. The normalized spacial score (nSPS) is 24.2. The van der Waals surface area contributed by atoms with Gasteiger partial charge in [0.2, 0.25) is 0 Å². The molecule has 3 rings (SSSR count). The van der Waals surface area contributed by atoms with E-state index in [2.05, 4.69) is 4.98 Å². The molecule has 162 valence electrons. The second-order valence-electron chi connectivity index (χ2n) is 7.18. The Hall–Kier alpha value is -2.20. The highest BCUT2D eigenvalue weighted by molar-refractivity contribution is 5.94. The molecule has 2 aliphatic rings. The summed E-state index contributed by atoms with van der Waals surface area (Å²) in [5.74, 6) is -2.32. The maximum atomic E-state index is 12.7. The van der Waals surface area contributed by atoms with Gasteiger partial charge in [0.05, 0.1) is 30.9 Å². The van der Waals surface area contributed by atoms with Crippen LogP contribution in [0.15, 0.2) is 18.3 Å². The number of methoxy groups -OCH3 is 1. The lowest BCUT2D eigenvalue weighted by Crippen LogP contribution is -2.56. The number of carboxylic acid groups (broad SMARTS) is 1. The van der Waals surface area contributed by atoms with Crippen molar-refractivity contribution in [3.63, 3.8) is 0 Å². The van der Waals surface area contributed by atoms with Gasteiger partial charge in [-0.25, -0.2) is 4.79 Å². The summed E-state index contributed by atoms with van der Waals surface area (Å²) in [4.78, 5) is 27.8. The van der Waals surface area contributed by atoms with Crippen LogP contribution in [0.25, 0.3) is 0 Å². The topological polar surface area (TPSA) is 89.0 Å². The molecular weight excluding hydrogens is 393 g/mol. The number of aryl methyl sites for hydroxylation is 1. The number of halogens is 3. The van der Waals surface area contributed by atoms with Gasteiger partial charge in [0, 0.05) is 31.5 Å². The molecule has 1 aromatic rings. The van der Waals surface area contributed by atoms with Crippen LogP contribution in [0.1, 0.15) is 35.3 Å². The van der Waals surface area contributed by atoms with E-state index in [4.69, 9.17) is 19.4 Å². The highest BCUT2D eigenvalue weighted by atomic mass is 19.4. The zero-order valence-corrected chi connectivity index (χ0v) is 16.4. The molecular formula is C19H25F3N2O5. The quantitative estimate of drug-likeness (QED) is 0.812. The fraction of sp³-hybridized carbons (Fsp3) is 0.632. The van der Waals surface area contributed by atoms with Crippen LogP contribution in [-0.4, -0.2) is 72.1 Å². The third-order valence-corrected chi connectivity index (χ3v) is 5.16. The van der Waals surface area contributed by atoms with E-state index < -0.39 is 12.1 Å². The number of hydrogen-bond acceptors (Lipinski definition) is 5. The number of morpholine rings is 1. The smallest absolute Gasteiger partial charge is 0.475 e. The number of rotatable bonds is 3. The molecule has 1 amide bonds. The van der Waals surface area contributed by atoms with Crippen molar-refractivity contribution in [2.24, 2.45) is 5.92 Å². The maximum absolute atomic E-state index is 12.7. The van der Waals surface area contributed by atoms with E-state index >= 15 is 0 Å². The molecule has 2 atom stereocenters. The minimum Gasteiger partial charge on any atom is -0.475 e. The van der Waals surface area contributed by atoms with Crippen molar-refractivity contribution in [2.75, 3.05) is 33.4 Å². The summed E-state index contributed by atoms with van der Waals surface area (Å²) in [7, 11) is 1.73. The summed E-state index contributed by atoms with van der Waals surface area (Å²) >= 11 is 0. The van der Waals surface area contributed by atoms with Crippen LogP contribution in [0.2, 0.25) is 0 Å². The summed E-state index contributed by atoms with van der Waals surface area (Å²) in [6.45, 7) is 4.53. The number of hydrogen-bond donors (Lipinski definition) is 1. The van der Waals surface area contributed by atoms with Crippen molar-refractivity contribution in [3.8, 4) is 0 Å². The monoisotopic (exact) mass is 418 g/mol. The number of aliphatic carboxylic acids is 1. The zero-order valence-electron chi connectivity index (χ0n) is 16.4. The van der Waals surface area contributed by atoms with Gasteiger partial charge in [0.1, 0.15) is 0 Å². The van der Waals surface area contributed by atoms with E-state index in [9.17, 15) is 18.0 Å². The van der Waals surface area contributed by atoms with E-state index in [1.807, 2.05) is 24.0 Å². The third-order valence-electron chi connectivity index (χ3n) is 5.16. The first-order valence-electron chi connectivity index (χ1n) is 9.24. The maximum Gasteiger partial charge on any atom is 0.490 e. The number of aromatic nitrogens is 1. The number of carbonyl (C=O) groups excluding carboxylic acids is 1. The van der Waals surface area contributed by atoms with Crippen molar-refractivity contribution in [1.82, 2.24) is 9.88 Å². The number of pyridine rings is 1. The number of carbonyl (C=O) groups is 2. The van der Waals surface area contributed by atoms with Gasteiger partial charge >= 0.3 is 12.1 Å².